The fourth-order valence-electron chi connectivity index (χ4n) is 5.24. The maximum atomic E-state index is 11.0. The highest BCUT2D eigenvalue weighted by molar-refractivity contribution is 5.69. The molecule has 286 valence electrons. The molecule has 0 unspecified atom stereocenters. The van der Waals surface area contributed by atoms with E-state index in [0.29, 0.717) is 26.1 Å². The lowest BCUT2D eigenvalue weighted by Crippen LogP contribution is -2.03. The van der Waals surface area contributed by atoms with Crippen molar-refractivity contribution in [3.63, 3.8) is 0 Å². The number of carboxylic acids is 2. The van der Waals surface area contributed by atoms with E-state index in [0.717, 1.165) is 64.2 Å². The molecule has 0 aromatic heterocycles. The number of carbonyl (C=O) groups is 4. The zero-order valence-electron chi connectivity index (χ0n) is 32.0. The second kappa shape index (κ2) is 44.9. The van der Waals surface area contributed by atoms with Crippen molar-refractivity contribution in [2.45, 2.75) is 220 Å². The maximum absolute atomic E-state index is 11.0. The Balaban J connectivity index is -0.000000633. The summed E-state index contributed by atoms with van der Waals surface area (Å²) in [6.07, 6.45) is 32.9. The molecule has 0 amide bonds. The van der Waals surface area contributed by atoms with Gasteiger partial charge in [0.15, 0.2) is 0 Å². The molecule has 0 bridgehead atoms. The van der Waals surface area contributed by atoms with Crippen LogP contribution in [0.3, 0.4) is 0 Å². The zero-order chi connectivity index (χ0) is 36.4. The highest BCUT2D eigenvalue weighted by Gasteiger charge is 2.02. The molecule has 0 aromatic rings. The van der Waals surface area contributed by atoms with Crippen LogP contribution in [0.25, 0.3) is 0 Å². The molecule has 0 rings (SSSR count). The molecule has 0 aliphatic heterocycles. The molecular weight excluding hydrogens is 608 g/mol. The fourth-order valence-corrected chi connectivity index (χ4v) is 5.24. The molecule has 0 heterocycles. The molecule has 0 fully saturated rings. The van der Waals surface area contributed by atoms with E-state index in [1.165, 1.54) is 103 Å². The summed E-state index contributed by atoms with van der Waals surface area (Å²) >= 11 is 0. The number of carboxylic acid groups (broad SMARTS) is 2. The lowest BCUT2D eigenvalue weighted by molar-refractivity contribution is -0.144. The average molecular weight is 687 g/mol. The van der Waals surface area contributed by atoms with E-state index >= 15 is 0 Å². The fraction of sp³-hybridized carbons (Fsp3) is 0.900. The van der Waals surface area contributed by atoms with E-state index in [1.54, 1.807) is 0 Å². The van der Waals surface area contributed by atoms with Gasteiger partial charge in [-0.05, 0) is 39.5 Å². The van der Waals surface area contributed by atoms with Crippen LogP contribution in [-0.2, 0) is 28.7 Å². The van der Waals surface area contributed by atoms with Gasteiger partial charge in [-0.2, -0.15) is 0 Å². The molecular formula is C40H78O8. The topological polar surface area (TPSA) is 127 Å². The van der Waals surface area contributed by atoms with Crippen LogP contribution >= 0.6 is 0 Å². The van der Waals surface area contributed by atoms with Gasteiger partial charge in [-0.1, -0.05) is 155 Å². The molecule has 0 atom stereocenters. The van der Waals surface area contributed by atoms with Crippen LogP contribution in [0.1, 0.15) is 220 Å². The van der Waals surface area contributed by atoms with Gasteiger partial charge in [0.05, 0.1) is 13.2 Å². The Kier molecular flexibility index (Phi) is 47.0. The Morgan fingerprint density at radius 1 is 0.333 bits per heavy atom. The van der Waals surface area contributed by atoms with Crippen molar-refractivity contribution >= 4 is 23.9 Å². The third-order valence-corrected chi connectivity index (χ3v) is 8.11. The van der Waals surface area contributed by atoms with Crippen LogP contribution in [0.2, 0.25) is 0 Å². The van der Waals surface area contributed by atoms with Crippen molar-refractivity contribution in [3.05, 3.63) is 0 Å². The molecule has 0 aliphatic rings. The third kappa shape index (κ3) is 53.4. The van der Waals surface area contributed by atoms with Crippen LogP contribution in [-0.4, -0.2) is 47.3 Å². The van der Waals surface area contributed by atoms with Crippen molar-refractivity contribution in [1.82, 2.24) is 0 Å². The van der Waals surface area contributed by atoms with E-state index in [1.807, 2.05) is 13.8 Å². The van der Waals surface area contributed by atoms with Gasteiger partial charge in [0, 0.05) is 25.7 Å². The summed E-state index contributed by atoms with van der Waals surface area (Å²) in [5.41, 5.74) is 0. The molecule has 0 radical (unpaired) electrons. The van der Waals surface area contributed by atoms with Gasteiger partial charge in [-0.3, -0.25) is 19.2 Å². The molecule has 8 heteroatoms. The standard InChI is InChI=1S/2C14H28O2.C12H22O4/c2*1-3-5-6-7-8-9-10-11-12-13-14(15)16-4-2;13-11(14)9-7-5-3-1-2-4-6-8-10-12(15)16/h2*3-13H2,1-2H3;1-10H2,(H,13,14)(H,15,16). The minimum Gasteiger partial charge on any atom is -0.481 e. The van der Waals surface area contributed by atoms with Crippen LogP contribution in [0, 0.1) is 0 Å². The average Bonchev–Trinajstić information content (AvgIpc) is 3.04. The molecule has 0 aliphatic carbocycles. The molecule has 8 nitrogen and oxygen atoms in total. The van der Waals surface area contributed by atoms with Crippen molar-refractivity contribution in [1.29, 1.82) is 0 Å². The van der Waals surface area contributed by atoms with E-state index in [4.69, 9.17) is 19.7 Å². The molecule has 0 saturated heterocycles. The van der Waals surface area contributed by atoms with Crippen molar-refractivity contribution < 1.29 is 38.9 Å². The number of ether oxygens (including phenoxy) is 2. The molecule has 0 aromatic carbocycles. The van der Waals surface area contributed by atoms with Gasteiger partial charge in [0.25, 0.3) is 0 Å². The van der Waals surface area contributed by atoms with Crippen LogP contribution in [0.5, 0.6) is 0 Å². The number of carbonyl (C=O) groups excluding carboxylic acids is 2. The highest BCUT2D eigenvalue weighted by atomic mass is 16.5. The van der Waals surface area contributed by atoms with Crippen LogP contribution in [0.4, 0.5) is 0 Å². The van der Waals surface area contributed by atoms with Gasteiger partial charge in [0.2, 0.25) is 0 Å². The summed E-state index contributed by atoms with van der Waals surface area (Å²) in [5.74, 6) is -1.50. The lowest BCUT2D eigenvalue weighted by Gasteiger charge is -2.02. The van der Waals surface area contributed by atoms with Crippen molar-refractivity contribution in [3.8, 4) is 0 Å². The minimum atomic E-state index is -0.714. The molecule has 48 heavy (non-hydrogen) atoms. The third-order valence-electron chi connectivity index (χ3n) is 8.11. The number of rotatable bonds is 33. The first-order valence-electron chi connectivity index (χ1n) is 20.0. The SMILES string of the molecule is CCCCCCCCCCCC(=O)OCC.CCCCCCCCCCCC(=O)OCC.O=C(O)CCCCCCCCCCC(=O)O. The molecule has 0 saturated carbocycles. The van der Waals surface area contributed by atoms with Gasteiger partial charge < -0.3 is 19.7 Å². The summed E-state index contributed by atoms with van der Waals surface area (Å²) in [7, 11) is 0. The Bertz CT molecular complexity index is 637. The number of esters is 2. The summed E-state index contributed by atoms with van der Waals surface area (Å²) in [6.45, 7) is 9.22. The normalized spacial score (nSPS) is 10.3. The van der Waals surface area contributed by atoms with Gasteiger partial charge in [0.1, 0.15) is 0 Å². The van der Waals surface area contributed by atoms with Gasteiger partial charge in [-0.15, -0.1) is 0 Å². The second-order valence-electron chi connectivity index (χ2n) is 12.9. The van der Waals surface area contributed by atoms with Crippen molar-refractivity contribution in [2.24, 2.45) is 0 Å². The van der Waals surface area contributed by atoms with E-state index in [9.17, 15) is 19.2 Å². The van der Waals surface area contributed by atoms with E-state index < -0.39 is 11.9 Å². The first-order valence-corrected chi connectivity index (χ1v) is 20.0. The molecule has 0 spiro atoms. The summed E-state index contributed by atoms with van der Waals surface area (Å²) in [5, 5.41) is 16.8. The van der Waals surface area contributed by atoms with Crippen molar-refractivity contribution in [2.75, 3.05) is 13.2 Å². The van der Waals surface area contributed by atoms with E-state index in [-0.39, 0.29) is 24.8 Å². The number of unbranched alkanes of at least 4 members (excludes halogenated alkanes) is 23. The lowest BCUT2D eigenvalue weighted by atomic mass is 10.1. The van der Waals surface area contributed by atoms with Gasteiger partial charge in [-0.25, -0.2) is 0 Å². The largest absolute Gasteiger partial charge is 0.481 e. The predicted octanol–water partition coefficient (Wildman–Crippen LogP) is 12.0. The number of hydrogen-bond acceptors (Lipinski definition) is 6. The smallest absolute Gasteiger partial charge is 0.305 e. The summed E-state index contributed by atoms with van der Waals surface area (Å²) < 4.78 is 9.75. The second-order valence-corrected chi connectivity index (χ2v) is 12.9. The molecule has 2 N–H and O–H groups in total. The number of aliphatic carboxylic acids is 2. The maximum Gasteiger partial charge on any atom is 0.305 e. The first-order chi connectivity index (χ1) is 23.2. The Hall–Kier alpha value is -2.12. The predicted molar refractivity (Wildman–Crippen MR) is 198 cm³/mol. The zero-order valence-corrected chi connectivity index (χ0v) is 32.0. The first kappa shape index (κ1) is 50.3. The highest BCUT2D eigenvalue weighted by Crippen LogP contribution is 2.13. The van der Waals surface area contributed by atoms with E-state index in [2.05, 4.69) is 13.8 Å². The monoisotopic (exact) mass is 687 g/mol. The Labute approximate surface area is 295 Å². The van der Waals surface area contributed by atoms with Crippen LogP contribution < -0.4 is 0 Å². The minimum absolute atomic E-state index is 0.0366. The van der Waals surface area contributed by atoms with Crippen LogP contribution in [0.15, 0.2) is 0 Å². The summed E-state index contributed by atoms with van der Waals surface area (Å²) in [4.78, 5) is 42.5. The Morgan fingerprint density at radius 2 is 0.542 bits per heavy atom. The van der Waals surface area contributed by atoms with Gasteiger partial charge >= 0.3 is 23.9 Å². The number of hydrogen-bond donors (Lipinski definition) is 2. The quantitative estimate of drug-likeness (QED) is 0.0516. The summed E-state index contributed by atoms with van der Waals surface area (Å²) in [6, 6.07) is 0. The Morgan fingerprint density at radius 3 is 0.750 bits per heavy atom.